The molecule has 0 saturated heterocycles. The van der Waals surface area contributed by atoms with E-state index in [0.29, 0.717) is 6.42 Å². The first-order chi connectivity index (χ1) is 12.9. The van der Waals surface area contributed by atoms with Gasteiger partial charge in [-0.15, -0.1) is 0 Å². The van der Waals surface area contributed by atoms with Gasteiger partial charge in [-0.2, -0.15) is 0 Å². The molecule has 158 valence electrons. The Morgan fingerprint density at radius 2 is 1.30 bits per heavy atom. The van der Waals surface area contributed by atoms with Crippen LogP contribution >= 0.6 is 0 Å². The third kappa shape index (κ3) is 15.2. The van der Waals surface area contributed by atoms with Crippen LogP contribution in [-0.4, -0.2) is 46.7 Å². The van der Waals surface area contributed by atoms with Crippen molar-refractivity contribution in [3.05, 3.63) is 0 Å². The summed E-state index contributed by atoms with van der Waals surface area (Å²) in [6, 6.07) is -1.37. The molecule has 0 aliphatic carbocycles. The van der Waals surface area contributed by atoms with Gasteiger partial charge in [0.05, 0.1) is 12.6 Å². The van der Waals surface area contributed by atoms with Crippen molar-refractivity contribution in [2.45, 2.75) is 103 Å². The molecule has 4 N–H and O–H groups in total. The van der Waals surface area contributed by atoms with Crippen LogP contribution in [-0.2, 0) is 14.4 Å². The Morgan fingerprint density at radius 1 is 0.815 bits per heavy atom. The molecule has 0 aliphatic rings. The van der Waals surface area contributed by atoms with E-state index in [1.807, 2.05) is 0 Å². The number of aliphatic hydroxyl groups excluding tert-OH is 1. The van der Waals surface area contributed by atoms with Crippen LogP contribution in [0.5, 0.6) is 0 Å². The first kappa shape index (κ1) is 25.4. The lowest BCUT2D eigenvalue weighted by Crippen LogP contribution is -2.50. The summed E-state index contributed by atoms with van der Waals surface area (Å²) in [4.78, 5) is 34.2. The number of aliphatic carboxylic acids is 1. The molecular weight excluding hydrogens is 348 g/mol. The van der Waals surface area contributed by atoms with Gasteiger partial charge in [-0.3, -0.25) is 9.59 Å². The fourth-order valence-corrected chi connectivity index (χ4v) is 2.83. The minimum Gasteiger partial charge on any atom is -0.480 e. The Balaban J connectivity index is 3.58. The lowest BCUT2D eigenvalue weighted by atomic mass is 10.1. The molecule has 0 bridgehead atoms. The third-order valence-corrected chi connectivity index (χ3v) is 4.52. The monoisotopic (exact) mass is 386 g/mol. The van der Waals surface area contributed by atoms with Gasteiger partial charge in [-0.25, -0.2) is 4.79 Å². The smallest absolute Gasteiger partial charge is 0.328 e. The van der Waals surface area contributed by atoms with Crippen LogP contribution in [0.4, 0.5) is 0 Å². The van der Waals surface area contributed by atoms with E-state index in [0.717, 1.165) is 19.3 Å². The number of aliphatic hydroxyl groups is 1. The highest BCUT2D eigenvalue weighted by Crippen LogP contribution is 2.11. The maximum atomic E-state index is 11.7. The van der Waals surface area contributed by atoms with Crippen molar-refractivity contribution in [1.82, 2.24) is 10.6 Å². The second kappa shape index (κ2) is 16.5. The molecule has 0 radical (unpaired) electrons. The zero-order valence-corrected chi connectivity index (χ0v) is 17.0. The number of hydrogen-bond donors (Lipinski definition) is 4. The van der Waals surface area contributed by atoms with Crippen LogP contribution in [0.25, 0.3) is 0 Å². The van der Waals surface area contributed by atoms with Gasteiger partial charge in [-0.05, 0) is 13.3 Å². The largest absolute Gasteiger partial charge is 0.480 e. The lowest BCUT2D eigenvalue weighted by Gasteiger charge is -2.17. The Bertz CT molecular complexity index is 427. The average molecular weight is 387 g/mol. The van der Waals surface area contributed by atoms with Crippen molar-refractivity contribution in [2.24, 2.45) is 0 Å². The molecule has 27 heavy (non-hydrogen) atoms. The maximum Gasteiger partial charge on any atom is 0.328 e. The Kier molecular flexibility index (Phi) is 15.5. The Morgan fingerprint density at radius 3 is 1.74 bits per heavy atom. The van der Waals surface area contributed by atoms with Crippen molar-refractivity contribution in [3.63, 3.8) is 0 Å². The zero-order valence-electron chi connectivity index (χ0n) is 17.0. The van der Waals surface area contributed by atoms with E-state index in [9.17, 15) is 19.5 Å². The molecule has 2 amide bonds. The predicted octanol–water partition coefficient (Wildman–Crippen LogP) is 2.75. The second-order valence-electron chi connectivity index (χ2n) is 7.19. The first-order valence-electron chi connectivity index (χ1n) is 10.3. The minimum absolute atomic E-state index is 0.218. The summed E-state index contributed by atoms with van der Waals surface area (Å²) in [7, 11) is 0. The number of rotatable bonds is 17. The summed E-state index contributed by atoms with van der Waals surface area (Å²) in [6.07, 6.45) is 12.4. The molecule has 0 aromatic rings. The molecule has 0 unspecified atom stereocenters. The van der Waals surface area contributed by atoms with Gasteiger partial charge < -0.3 is 20.8 Å². The molecule has 7 heteroatoms. The molecule has 0 aliphatic heterocycles. The van der Waals surface area contributed by atoms with Gasteiger partial charge >= 0.3 is 5.97 Å². The molecule has 0 aromatic heterocycles. The number of hydrogen-bond acceptors (Lipinski definition) is 4. The van der Waals surface area contributed by atoms with Crippen LogP contribution < -0.4 is 10.6 Å². The minimum atomic E-state index is -1.37. The van der Waals surface area contributed by atoms with E-state index in [4.69, 9.17) is 5.11 Å². The van der Waals surface area contributed by atoms with E-state index < -0.39 is 24.0 Å². The molecule has 0 fully saturated rings. The highest BCUT2D eigenvalue weighted by Gasteiger charge is 2.24. The summed E-state index contributed by atoms with van der Waals surface area (Å²) >= 11 is 0. The van der Waals surface area contributed by atoms with Gasteiger partial charge in [0.25, 0.3) is 0 Å². The number of carbonyl (C=O) groups is 3. The van der Waals surface area contributed by atoms with E-state index in [1.165, 1.54) is 58.3 Å². The SMILES string of the molecule is CCCCCCCCCCCCCC(=O)NCC(=O)N[C@H](C(=O)O)[C@@H](C)O. The van der Waals surface area contributed by atoms with Crippen molar-refractivity contribution >= 4 is 17.8 Å². The van der Waals surface area contributed by atoms with E-state index in [-0.39, 0.29) is 12.5 Å². The van der Waals surface area contributed by atoms with Crippen LogP contribution in [0.3, 0.4) is 0 Å². The molecule has 0 aromatic carbocycles. The highest BCUT2D eigenvalue weighted by molar-refractivity contribution is 5.88. The summed E-state index contributed by atoms with van der Waals surface area (Å²) in [5, 5.41) is 22.8. The summed E-state index contributed by atoms with van der Waals surface area (Å²) in [6.45, 7) is 3.22. The van der Waals surface area contributed by atoms with E-state index >= 15 is 0 Å². The molecule has 0 saturated carbocycles. The molecular formula is C20H38N2O5. The Hall–Kier alpha value is -1.63. The molecule has 2 atom stereocenters. The number of nitrogens with one attached hydrogen (secondary N) is 2. The van der Waals surface area contributed by atoms with Gasteiger partial charge in [0.1, 0.15) is 0 Å². The summed E-state index contributed by atoms with van der Waals surface area (Å²) in [5.74, 6) is -2.16. The number of carboxylic acid groups (broad SMARTS) is 1. The van der Waals surface area contributed by atoms with Gasteiger partial charge in [-0.1, -0.05) is 71.1 Å². The third-order valence-electron chi connectivity index (χ3n) is 4.52. The first-order valence-corrected chi connectivity index (χ1v) is 10.3. The van der Waals surface area contributed by atoms with Crippen LogP contribution in [0, 0.1) is 0 Å². The van der Waals surface area contributed by atoms with Crippen molar-refractivity contribution in [3.8, 4) is 0 Å². The molecule has 7 nitrogen and oxygen atoms in total. The second-order valence-corrected chi connectivity index (χ2v) is 7.19. The predicted molar refractivity (Wildman–Crippen MR) is 105 cm³/mol. The molecule has 0 rings (SSSR count). The van der Waals surface area contributed by atoms with Gasteiger partial charge in [0, 0.05) is 6.42 Å². The van der Waals surface area contributed by atoms with E-state index in [2.05, 4.69) is 17.6 Å². The van der Waals surface area contributed by atoms with Crippen LogP contribution in [0.15, 0.2) is 0 Å². The zero-order chi connectivity index (χ0) is 20.5. The Labute approximate surface area is 163 Å². The number of amides is 2. The maximum absolute atomic E-state index is 11.7. The fourth-order valence-electron chi connectivity index (χ4n) is 2.83. The van der Waals surface area contributed by atoms with Crippen LogP contribution in [0.1, 0.15) is 90.9 Å². The lowest BCUT2D eigenvalue weighted by molar-refractivity contribution is -0.144. The topological polar surface area (TPSA) is 116 Å². The molecule has 0 spiro atoms. The highest BCUT2D eigenvalue weighted by atomic mass is 16.4. The quantitative estimate of drug-likeness (QED) is 0.287. The molecule has 0 heterocycles. The number of unbranched alkanes of at least 4 members (excludes halogenated alkanes) is 10. The fraction of sp³-hybridized carbons (Fsp3) is 0.850. The summed E-state index contributed by atoms with van der Waals surface area (Å²) in [5.41, 5.74) is 0. The normalized spacial score (nSPS) is 13.0. The van der Waals surface area contributed by atoms with Crippen molar-refractivity contribution in [2.75, 3.05) is 6.54 Å². The van der Waals surface area contributed by atoms with Gasteiger partial charge in [0.15, 0.2) is 6.04 Å². The van der Waals surface area contributed by atoms with Crippen molar-refractivity contribution < 1.29 is 24.6 Å². The van der Waals surface area contributed by atoms with Gasteiger partial charge in [0.2, 0.25) is 11.8 Å². The number of carbonyl (C=O) groups excluding carboxylic acids is 2. The average Bonchev–Trinajstić information content (AvgIpc) is 2.61. The number of carboxylic acids is 1. The van der Waals surface area contributed by atoms with Crippen LogP contribution in [0.2, 0.25) is 0 Å². The van der Waals surface area contributed by atoms with E-state index in [1.54, 1.807) is 0 Å². The van der Waals surface area contributed by atoms with Crippen molar-refractivity contribution in [1.29, 1.82) is 0 Å². The summed E-state index contributed by atoms with van der Waals surface area (Å²) < 4.78 is 0. The standard InChI is InChI=1S/C20H38N2O5/c1-3-4-5-6-7-8-9-10-11-12-13-14-17(24)21-15-18(25)22-19(16(2)23)20(26)27/h16,19,23H,3-15H2,1-2H3,(H,21,24)(H,22,25)(H,26,27)/t16-,19+/m1/s1.